The topological polar surface area (TPSA) is 92.7 Å². The van der Waals surface area contributed by atoms with Gasteiger partial charge in [0.15, 0.2) is 0 Å². The van der Waals surface area contributed by atoms with E-state index in [1.54, 1.807) is 11.8 Å². The molecule has 2 fully saturated rings. The monoisotopic (exact) mass is 448 g/mol. The van der Waals surface area contributed by atoms with Gasteiger partial charge in [0.05, 0.1) is 24.4 Å². The second kappa shape index (κ2) is 8.51. The van der Waals surface area contributed by atoms with Gasteiger partial charge >= 0.3 is 0 Å². The summed E-state index contributed by atoms with van der Waals surface area (Å²) in [4.78, 5) is 23.1. The van der Waals surface area contributed by atoms with Crippen molar-refractivity contribution >= 4 is 15.9 Å². The first-order chi connectivity index (χ1) is 14.8. The van der Waals surface area contributed by atoms with Crippen LogP contribution in [0.15, 0.2) is 29.3 Å². The van der Waals surface area contributed by atoms with Gasteiger partial charge in [-0.15, -0.1) is 0 Å². The quantitative estimate of drug-likeness (QED) is 0.698. The summed E-state index contributed by atoms with van der Waals surface area (Å²) >= 11 is 0. The van der Waals surface area contributed by atoms with Crippen LogP contribution in [-0.4, -0.2) is 60.2 Å². The summed E-state index contributed by atoms with van der Waals surface area (Å²) in [6, 6.07) is 2.83. The van der Waals surface area contributed by atoms with Gasteiger partial charge in [0.2, 0.25) is 10.0 Å². The zero-order valence-corrected chi connectivity index (χ0v) is 18.4. The molecule has 1 amide bonds. The lowest BCUT2D eigenvalue weighted by molar-refractivity contribution is 0.0791. The Bertz CT molecular complexity index is 1100. The molecule has 0 N–H and O–H groups in total. The highest BCUT2D eigenvalue weighted by Gasteiger charge is 2.39. The van der Waals surface area contributed by atoms with Gasteiger partial charge < -0.3 is 9.64 Å². The van der Waals surface area contributed by atoms with Crippen molar-refractivity contribution in [3.8, 4) is 5.75 Å². The summed E-state index contributed by atoms with van der Waals surface area (Å²) in [7, 11) is -2.70. The van der Waals surface area contributed by atoms with Crippen LogP contribution in [0.3, 0.4) is 0 Å². The van der Waals surface area contributed by atoms with Gasteiger partial charge in [0.1, 0.15) is 22.3 Å². The number of sulfonamides is 1. The zero-order chi connectivity index (χ0) is 22.2. The first kappa shape index (κ1) is 21.6. The molecule has 0 aliphatic carbocycles. The molecule has 1 aromatic carbocycles. The molecule has 1 atom stereocenters. The van der Waals surface area contributed by atoms with Crippen molar-refractivity contribution in [2.24, 2.45) is 0 Å². The van der Waals surface area contributed by atoms with Crippen LogP contribution in [0.2, 0.25) is 0 Å². The molecule has 0 unspecified atom stereocenters. The molecule has 4 rings (SSSR count). The highest BCUT2D eigenvalue weighted by molar-refractivity contribution is 7.89. The number of nitrogens with zero attached hydrogens (tertiary/aromatic N) is 4. The van der Waals surface area contributed by atoms with Gasteiger partial charge in [0.25, 0.3) is 5.91 Å². The van der Waals surface area contributed by atoms with Crippen molar-refractivity contribution in [3.05, 3.63) is 47.3 Å². The fraction of sp³-hybridized carbons (Fsp3) is 0.476. The number of benzene rings is 1. The average molecular weight is 449 g/mol. The minimum absolute atomic E-state index is 0.0794. The Morgan fingerprint density at radius 2 is 1.94 bits per heavy atom. The second-order valence-corrected chi connectivity index (χ2v) is 9.65. The largest absolute Gasteiger partial charge is 0.495 e. The van der Waals surface area contributed by atoms with E-state index in [-0.39, 0.29) is 23.1 Å². The van der Waals surface area contributed by atoms with Gasteiger partial charge in [0, 0.05) is 25.8 Å². The Labute approximate surface area is 181 Å². The number of methoxy groups -OCH3 is 1. The second-order valence-electron chi connectivity index (χ2n) is 7.80. The molecule has 2 aliphatic heterocycles. The predicted octanol–water partition coefficient (Wildman–Crippen LogP) is 2.69. The number of amides is 1. The van der Waals surface area contributed by atoms with Crippen molar-refractivity contribution in [2.75, 3.05) is 26.7 Å². The molecule has 3 heterocycles. The fourth-order valence-electron chi connectivity index (χ4n) is 4.21. The van der Waals surface area contributed by atoms with E-state index in [9.17, 15) is 17.6 Å². The Kier molecular flexibility index (Phi) is 5.94. The predicted molar refractivity (Wildman–Crippen MR) is 111 cm³/mol. The standard InChI is InChI=1S/C21H25FN4O4S/c1-14-16(21(27)25-9-3-4-10-25)13-23-20(24-14)17-6-5-11-26(17)31(28,29)19-12-15(22)7-8-18(19)30-2/h7-8,12-13,17H,3-6,9-11H2,1-2H3/t17-/m1/s1. The number of carbonyl (C=O) groups is 1. The Balaban J connectivity index is 1.65. The van der Waals surface area contributed by atoms with Crippen LogP contribution in [0.4, 0.5) is 4.39 Å². The number of hydrogen-bond acceptors (Lipinski definition) is 6. The summed E-state index contributed by atoms with van der Waals surface area (Å²) in [6.07, 6.45) is 4.63. The molecule has 166 valence electrons. The number of rotatable bonds is 5. The summed E-state index contributed by atoms with van der Waals surface area (Å²) < 4.78 is 47.0. The number of aryl methyl sites for hydroxylation is 1. The van der Waals surface area contributed by atoms with Gasteiger partial charge in [-0.05, 0) is 50.8 Å². The summed E-state index contributed by atoms with van der Waals surface area (Å²) in [5.41, 5.74) is 0.958. The van der Waals surface area contributed by atoms with Crippen molar-refractivity contribution in [3.63, 3.8) is 0 Å². The normalized spacial score (nSPS) is 19.7. The van der Waals surface area contributed by atoms with Crippen LogP contribution in [0, 0.1) is 12.7 Å². The average Bonchev–Trinajstić information content (AvgIpc) is 3.45. The SMILES string of the molecule is COc1ccc(F)cc1S(=O)(=O)N1CCC[C@@H]1c1ncc(C(=O)N2CCCC2)c(C)n1. The first-order valence-corrected chi connectivity index (χ1v) is 11.7. The number of likely N-dealkylation sites (tertiary alicyclic amines) is 1. The van der Waals surface area contributed by atoms with Crippen LogP contribution >= 0.6 is 0 Å². The van der Waals surface area contributed by atoms with Crippen molar-refractivity contribution in [1.82, 2.24) is 19.2 Å². The van der Waals surface area contributed by atoms with Crippen molar-refractivity contribution < 1.29 is 22.3 Å². The van der Waals surface area contributed by atoms with Crippen LogP contribution in [-0.2, 0) is 10.0 Å². The smallest absolute Gasteiger partial charge is 0.257 e. The Morgan fingerprint density at radius 3 is 2.61 bits per heavy atom. The molecule has 1 aromatic heterocycles. The lowest BCUT2D eigenvalue weighted by Crippen LogP contribution is -2.32. The molecule has 2 saturated heterocycles. The molecular weight excluding hydrogens is 423 g/mol. The van der Waals surface area contributed by atoms with E-state index >= 15 is 0 Å². The highest BCUT2D eigenvalue weighted by atomic mass is 32.2. The third kappa shape index (κ3) is 4.01. The van der Waals surface area contributed by atoms with Gasteiger partial charge in [-0.1, -0.05) is 0 Å². The lowest BCUT2D eigenvalue weighted by Gasteiger charge is -2.24. The minimum atomic E-state index is -4.04. The number of aromatic nitrogens is 2. The summed E-state index contributed by atoms with van der Waals surface area (Å²) in [5.74, 6) is -0.337. The van der Waals surface area contributed by atoms with E-state index in [1.165, 1.54) is 23.7 Å². The maximum absolute atomic E-state index is 13.8. The number of halogens is 1. The Morgan fingerprint density at radius 1 is 1.19 bits per heavy atom. The Hall–Kier alpha value is -2.59. The molecule has 2 aromatic rings. The summed E-state index contributed by atoms with van der Waals surface area (Å²) in [5, 5.41) is 0. The van der Waals surface area contributed by atoms with E-state index in [0.717, 1.165) is 38.1 Å². The molecule has 0 spiro atoms. The summed E-state index contributed by atoms with van der Waals surface area (Å²) in [6.45, 7) is 3.45. The lowest BCUT2D eigenvalue weighted by atomic mass is 10.1. The maximum Gasteiger partial charge on any atom is 0.257 e. The third-order valence-electron chi connectivity index (χ3n) is 5.84. The molecule has 0 saturated carbocycles. The van der Waals surface area contributed by atoms with E-state index in [4.69, 9.17) is 4.74 Å². The molecule has 31 heavy (non-hydrogen) atoms. The van der Waals surface area contributed by atoms with Crippen molar-refractivity contribution in [2.45, 2.75) is 43.5 Å². The van der Waals surface area contributed by atoms with Gasteiger partial charge in [-0.3, -0.25) is 4.79 Å². The third-order valence-corrected chi connectivity index (χ3v) is 7.77. The van der Waals surface area contributed by atoms with E-state index < -0.39 is 21.9 Å². The van der Waals surface area contributed by atoms with E-state index in [1.807, 2.05) is 0 Å². The highest BCUT2D eigenvalue weighted by Crippen LogP contribution is 2.38. The van der Waals surface area contributed by atoms with Crippen LogP contribution in [0.25, 0.3) is 0 Å². The van der Waals surface area contributed by atoms with Crippen molar-refractivity contribution in [1.29, 1.82) is 0 Å². The molecule has 10 heteroatoms. The molecule has 0 radical (unpaired) electrons. The van der Waals surface area contributed by atoms with Gasteiger partial charge in [-0.2, -0.15) is 4.31 Å². The fourth-order valence-corrected chi connectivity index (χ4v) is 6.03. The number of ether oxygens (including phenoxy) is 1. The molecule has 2 aliphatic rings. The first-order valence-electron chi connectivity index (χ1n) is 10.3. The molecule has 0 bridgehead atoms. The number of hydrogen-bond donors (Lipinski definition) is 0. The van der Waals surface area contributed by atoms with Crippen LogP contribution in [0.5, 0.6) is 5.75 Å². The van der Waals surface area contributed by atoms with Crippen LogP contribution < -0.4 is 4.74 Å². The van der Waals surface area contributed by atoms with Gasteiger partial charge in [-0.25, -0.2) is 22.8 Å². The van der Waals surface area contributed by atoms with E-state index in [0.29, 0.717) is 29.9 Å². The molecule has 8 nitrogen and oxygen atoms in total. The van der Waals surface area contributed by atoms with Crippen LogP contribution in [0.1, 0.15) is 53.6 Å². The minimum Gasteiger partial charge on any atom is -0.495 e. The van der Waals surface area contributed by atoms with E-state index in [2.05, 4.69) is 9.97 Å². The maximum atomic E-state index is 13.8. The number of carbonyl (C=O) groups excluding carboxylic acids is 1. The molecular formula is C21H25FN4O4S. The zero-order valence-electron chi connectivity index (χ0n) is 17.5.